The van der Waals surface area contributed by atoms with Gasteiger partial charge in [-0.15, -0.1) is 0 Å². The Bertz CT molecular complexity index is 335. The van der Waals surface area contributed by atoms with Gasteiger partial charge < -0.3 is 10.2 Å². The third-order valence-electron chi connectivity index (χ3n) is 4.59. The SMILES string of the molecule is CCCC1NC(=O)CCN(C2CCCCCCC2)C1=O. The van der Waals surface area contributed by atoms with E-state index >= 15 is 0 Å². The molecule has 1 aliphatic heterocycles. The molecule has 0 spiro atoms. The maximum atomic E-state index is 12.7. The van der Waals surface area contributed by atoms with Crippen molar-refractivity contribution in [2.24, 2.45) is 0 Å². The number of carbonyl (C=O) groups is 2. The molecule has 1 atom stereocenters. The summed E-state index contributed by atoms with van der Waals surface area (Å²) in [4.78, 5) is 26.5. The number of amides is 2. The highest BCUT2D eigenvalue weighted by atomic mass is 16.2. The fourth-order valence-electron chi connectivity index (χ4n) is 3.45. The van der Waals surface area contributed by atoms with Crippen molar-refractivity contribution in [3.8, 4) is 0 Å². The van der Waals surface area contributed by atoms with Gasteiger partial charge in [0.25, 0.3) is 0 Å². The van der Waals surface area contributed by atoms with Gasteiger partial charge in [-0.3, -0.25) is 9.59 Å². The minimum Gasteiger partial charge on any atom is -0.344 e. The molecule has 2 fully saturated rings. The summed E-state index contributed by atoms with van der Waals surface area (Å²) in [6.07, 6.45) is 10.7. The van der Waals surface area contributed by atoms with Gasteiger partial charge in [0.15, 0.2) is 0 Å². The molecule has 1 aliphatic carbocycles. The summed E-state index contributed by atoms with van der Waals surface area (Å²) in [5.41, 5.74) is 0. The number of nitrogens with zero attached hydrogens (tertiary/aromatic N) is 1. The van der Waals surface area contributed by atoms with Gasteiger partial charge in [-0.25, -0.2) is 0 Å². The summed E-state index contributed by atoms with van der Waals surface area (Å²) in [6, 6.07) is 0.0651. The van der Waals surface area contributed by atoms with Crippen molar-refractivity contribution in [3.63, 3.8) is 0 Å². The second-order valence-electron chi connectivity index (χ2n) is 6.19. The molecule has 2 aliphatic rings. The van der Waals surface area contributed by atoms with Gasteiger partial charge in [-0.2, -0.15) is 0 Å². The molecular formula is C16H28N2O2. The molecule has 2 rings (SSSR count). The normalized spacial score (nSPS) is 26.6. The quantitative estimate of drug-likeness (QED) is 0.864. The first-order valence-electron chi connectivity index (χ1n) is 8.32. The van der Waals surface area contributed by atoms with Crippen LogP contribution in [0.25, 0.3) is 0 Å². The Kier molecular flexibility index (Phi) is 5.86. The van der Waals surface area contributed by atoms with E-state index in [1.807, 2.05) is 4.90 Å². The maximum absolute atomic E-state index is 12.7. The average molecular weight is 280 g/mol. The lowest BCUT2D eigenvalue weighted by Gasteiger charge is -2.33. The average Bonchev–Trinajstić information content (AvgIpc) is 2.51. The van der Waals surface area contributed by atoms with Crippen LogP contribution in [0.15, 0.2) is 0 Å². The molecule has 0 bridgehead atoms. The highest BCUT2D eigenvalue weighted by Crippen LogP contribution is 2.23. The van der Waals surface area contributed by atoms with Crippen LogP contribution >= 0.6 is 0 Å². The second-order valence-corrected chi connectivity index (χ2v) is 6.19. The topological polar surface area (TPSA) is 49.4 Å². The molecule has 2 amide bonds. The molecule has 0 aromatic carbocycles. The van der Waals surface area contributed by atoms with Crippen LogP contribution in [-0.2, 0) is 9.59 Å². The van der Waals surface area contributed by atoms with E-state index in [9.17, 15) is 9.59 Å². The Morgan fingerprint density at radius 3 is 2.40 bits per heavy atom. The molecule has 1 N–H and O–H groups in total. The highest BCUT2D eigenvalue weighted by Gasteiger charge is 2.33. The zero-order chi connectivity index (χ0) is 14.4. The summed E-state index contributed by atoms with van der Waals surface area (Å²) < 4.78 is 0. The first-order chi connectivity index (χ1) is 9.72. The standard InChI is InChI=1S/C16H28N2O2/c1-2-8-14-16(20)18(12-11-15(19)17-14)13-9-6-4-3-5-7-10-13/h13-14H,2-12H2,1H3,(H,17,19). The summed E-state index contributed by atoms with van der Waals surface area (Å²) in [5, 5.41) is 2.90. The predicted octanol–water partition coefficient (Wildman–Crippen LogP) is 2.62. The third-order valence-corrected chi connectivity index (χ3v) is 4.59. The van der Waals surface area contributed by atoms with Crippen LogP contribution < -0.4 is 5.32 Å². The van der Waals surface area contributed by atoms with Crippen molar-refractivity contribution in [2.75, 3.05) is 6.54 Å². The van der Waals surface area contributed by atoms with Crippen LogP contribution in [0.3, 0.4) is 0 Å². The predicted molar refractivity (Wildman–Crippen MR) is 79.3 cm³/mol. The molecular weight excluding hydrogens is 252 g/mol. The van der Waals surface area contributed by atoms with Crippen LogP contribution in [0.2, 0.25) is 0 Å². The van der Waals surface area contributed by atoms with Crippen molar-refractivity contribution in [1.82, 2.24) is 10.2 Å². The Balaban J connectivity index is 2.06. The Morgan fingerprint density at radius 1 is 1.10 bits per heavy atom. The molecule has 4 heteroatoms. The van der Waals surface area contributed by atoms with Gasteiger partial charge in [0.2, 0.25) is 11.8 Å². The summed E-state index contributed by atoms with van der Waals surface area (Å²) in [6.45, 7) is 2.67. The van der Waals surface area contributed by atoms with E-state index in [-0.39, 0.29) is 17.9 Å². The molecule has 1 saturated carbocycles. The Labute approximate surface area is 122 Å². The van der Waals surface area contributed by atoms with E-state index in [1.54, 1.807) is 0 Å². The van der Waals surface area contributed by atoms with Crippen LogP contribution in [0.4, 0.5) is 0 Å². The first kappa shape index (κ1) is 15.3. The van der Waals surface area contributed by atoms with Crippen LogP contribution in [-0.4, -0.2) is 35.3 Å². The smallest absolute Gasteiger partial charge is 0.245 e. The number of rotatable bonds is 3. The molecule has 114 valence electrons. The summed E-state index contributed by atoms with van der Waals surface area (Å²) in [7, 11) is 0. The molecule has 4 nitrogen and oxygen atoms in total. The van der Waals surface area contributed by atoms with Gasteiger partial charge in [-0.1, -0.05) is 45.4 Å². The highest BCUT2D eigenvalue weighted by molar-refractivity contribution is 5.90. The molecule has 1 unspecified atom stereocenters. The monoisotopic (exact) mass is 280 g/mol. The lowest BCUT2D eigenvalue weighted by molar-refractivity contribution is -0.136. The molecule has 1 heterocycles. The fraction of sp³-hybridized carbons (Fsp3) is 0.875. The zero-order valence-electron chi connectivity index (χ0n) is 12.7. The van der Waals surface area contributed by atoms with Gasteiger partial charge >= 0.3 is 0 Å². The van der Waals surface area contributed by atoms with Crippen LogP contribution in [0.1, 0.15) is 71.1 Å². The molecule has 1 saturated heterocycles. The van der Waals surface area contributed by atoms with Crippen LogP contribution in [0.5, 0.6) is 0 Å². The lowest BCUT2D eigenvalue weighted by atomic mass is 9.95. The Hall–Kier alpha value is -1.06. The summed E-state index contributed by atoms with van der Waals surface area (Å²) >= 11 is 0. The van der Waals surface area contributed by atoms with E-state index in [1.165, 1.54) is 32.1 Å². The molecule has 0 aromatic heterocycles. The van der Waals surface area contributed by atoms with Crippen molar-refractivity contribution in [1.29, 1.82) is 0 Å². The number of nitrogens with one attached hydrogen (secondary N) is 1. The van der Waals surface area contributed by atoms with E-state index in [4.69, 9.17) is 0 Å². The van der Waals surface area contributed by atoms with Crippen molar-refractivity contribution < 1.29 is 9.59 Å². The second kappa shape index (κ2) is 7.65. The van der Waals surface area contributed by atoms with Gasteiger partial charge in [-0.05, 0) is 19.3 Å². The third kappa shape index (κ3) is 3.97. The van der Waals surface area contributed by atoms with Crippen molar-refractivity contribution in [2.45, 2.75) is 83.2 Å². The zero-order valence-corrected chi connectivity index (χ0v) is 12.7. The first-order valence-corrected chi connectivity index (χ1v) is 8.32. The van der Waals surface area contributed by atoms with Gasteiger partial charge in [0.1, 0.15) is 6.04 Å². The lowest BCUT2D eigenvalue weighted by Crippen LogP contribution is -2.48. The van der Waals surface area contributed by atoms with Gasteiger partial charge in [0, 0.05) is 19.0 Å². The fourth-order valence-corrected chi connectivity index (χ4v) is 3.45. The minimum atomic E-state index is -0.291. The van der Waals surface area contributed by atoms with E-state index in [2.05, 4.69) is 12.2 Å². The molecule has 0 radical (unpaired) electrons. The van der Waals surface area contributed by atoms with E-state index in [0.29, 0.717) is 19.0 Å². The minimum absolute atomic E-state index is 0.0325. The van der Waals surface area contributed by atoms with Gasteiger partial charge in [0.05, 0.1) is 0 Å². The Morgan fingerprint density at radius 2 is 1.75 bits per heavy atom. The summed E-state index contributed by atoms with van der Waals surface area (Å²) in [5.74, 6) is 0.188. The van der Waals surface area contributed by atoms with Crippen molar-refractivity contribution in [3.05, 3.63) is 0 Å². The van der Waals surface area contributed by atoms with Crippen LogP contribution in [0, 0.1) is 0 Å². The number of hydrogen-bond acceptors (Lipinski definition) is 2. The van der Waals surface area contributed by atoms with E-state index < -0.39 is 0 Å². The molecule has 0 aromatic rings. The van der Waals surface area contributed by atoms with Crippen molar-refractivity contribution >= 4 is 11.8 Å². The van der Waals surface area contributed by atoms with E-state index in [0.717, 1.165) is 25.7 Å². The number of hydrogen-bond donors (Lipinski definition) is 1. The number of carbonyl (C=O) groups excluding carboxylic acids is 2. The maximum Gasteiger partial charge on any atom is 0.245 e. The largest absolute Gasteiger partial charge is 0.344 e. The molecule has 20 heavy (non-hydrogen) atoms.